The van der Waals surface area contributed by atoms with E-state index in [4.69, 9.17) is 0 Å². The molecular formula is C17H24N4O3. The van der Waals surface area contributed by atoms with Gasteiger partial charge in [-0.25, -0.2) is 4.68 Å². The number of likely N-dealkylation sites (tertiary alicyclic amines) is 2. The van der Waals surface area contributed by atoms with Gasteiger partial charge in [-0.2, -0.15) is 5.10 Å². The summed E-state index contributed by atoms with van der Waals surface area (Å²) in [7, 11) is 1.74. The summed E-state index contributed by atoms with van der Waals surface area (Å²) in [4.78, 5) is 39.5. The van der Waals surface area contributed by atoms with E-state index in [-0.39, 0.29) is 23.3 Å². The zero-order chi connectivity index (χ0) is 17.3. The van der Waals surface area contributed by atoms with Gasteiger partial charge >= 0.3 is 0 Å². The zero-order valence-corrected chi connectivity index (χ0v) is 14.3. The Morgan fingerprint density at radius 1 is 1.25 bits per heavy atom. The number of amides is 2. The molecule has 2 aliphatic heterocycles. The molecule has 0 spiro atoms. The number of aromatic nitrogens is 2. The van der Waals surface area contributed by atoms with Crippen molar-refractivity contribution in [1.29, 1.82) is 0 Å². The first-order valence-electron chi connectivity index (χ1n) is 8.51. The number of nitrogens with zero attached hydrogens (tertiary/aromatic N) is 4. The fourth-order valence-corrected chi connectivity index (χ4v) is 3.55. The Bertz CT molecular complexity index is 691. The number of rotatable bonds is 3. The van der Waals surface area contributed by atoms with Crippen LogP contribution in [0.2, 0.25) is 0 Å². The summed E-state index contributed by atoms with van der Waals surface area (Å²) < 4.78 is 1.53. The van der Waals surface area contributed by atoms with Gasteiger partial charge in [0.25, 0.3) is 5.56 Å². The van der Waals surface area contributed by atoms with Gasteiger partial charge in [0.15, 0.2) is 0 Å². The van der Waals surface area contributed by atoms with Crippen molar-refractivity contribution in [2.75, 3.05) is 26.7 Å². The van der Waals surface area contributed by atoms with Gasteiger partial charge in [-0.1, -0.05) is 0 Å². The molecule has 1 unspecified atom stereocenters. The zero-order valence-electron chi connectivity index (χ0n) is 14.3. The Kier molecular flexibility index (Phi) is 4.69. The molecule has 2 amide bonds. The molecular weight excluding hydrogens is 308 g/mol. The van der Waals surface area contributed by atoms with Crippen LogP contribution in [-0.2, 0) is 16.1 Å². The van der Waals surface area contributed by atoms with Crippen LogP contribution < -0.4 is 5.56 Å². The van der Waals surface area contributed by atoms with Crippen LogP contribution in [0, 0.1) is 18.8 Å². The van der Waals surface area contributed by atoms with Gasteiger partial charge in [0.2, 0.25) is 11.8 Å². The lowest BCUT2D eigenvalue weighted by Crippen LogP contribution is -2.43. The average molecular weight is 332 g/mol. The molecule has 3 heterocycles. The van der Waals surface area contributed by atoms with Crippen molar-refractivity contribution < 1.29 is 9.59 Å². The van der Waals surface area contributed by atoms with Gasteiger partial charge in [-0.05, 0) is 31.7 Å². The predicted molar refractivity (Wildman–Crippen MR) is 88.3 cm³/mol. The number of carbonyl (C=O) groups is 2. The fourth-order valence-electron chi connectivity index (χ4n) is 3.55. The second kappa shape index (κ2) is 6.75. The highest BCUT2D eigenvalue weighted by Gasteiger charge is 2.35. The van der Waals surface area contributed by atoms with Crippen molar-refractivity contribution in [2.45, 2.75) is 32.7 Å². The largest absolute Gasteiger partial charge is 0.345 e. The maximum atomic E-state index is 12.5. The molecule has 0 aromatic carbocycles. The number of carbonyl (C=O) groups excluding carboxylic acids is 2. The fraction of sp³-hybridized carbons (Fsp3) is 0.647. The molecule has 0 aliphatic carbocycles. The maximum absolute atomic E-state index is 12.5. The van der Waals surface area contributed by atoms with E-state index in [2.05, 4.69) is 5.10 Å². The van der Waals surface area contributed by atoms with Gasteiger partial charge in [-0.15, -0.1) is 0 Å². The van der Waals surface area contributed by atoms with Gasteiger partial charge in [0, 0.05) is 45.7 Å². The third-order valence-corrected chi connectivity index (χ3v) is 5.05. The summed E-state index contributed by atoms with van der Waals surface area (Å²) >= 11 is 0. The maximum Gasteiger partial charge on any atom is 0.266 e. The normalized spacial score (nSPS) is 22.2. The summed E-state index contributed by atoms with van der Waals surface area (Å²) in [6.45, 7) is 4.39. The van der Waals surface area contributed by atoms with E-state index in [1.165, 1.54) is 4.68 Å². The minimum absolute atomic E-state index is 0.0492. The molecule has 0 saturated carbocycles. The van der Waals surface area contributed by atoms with Crippen LogP contribution in [0.15, 0.2) is 16.9 Å². The molecule has 0 bridgehead atoms. The van der Waals surface area contributed by atoms with Crippen LogP contribution in [-0.4, -0.2) is 58.1 Å². The molecule has 2 fully saturated rings. The molecule has 3 rings (SSSR count). The third kappa shape index (κ3) is 3.49. The Balaban J connectivity index is 1.54. The lowest BCUT2D eigenvalue weighted by molar-refractivity contribution is -0.137. The van der Waals surface area contributed by atoms with Crippen LogP contribution >= 0.6 is 0 Å². The first-order chi connectivity index (χ1) is 11.4. The second-order valence-electron chi connectivity index (χ2n) is 6.94. The predicted octanol–water partition coefficient (Wildman–Crippen LogP) is 0.269. The third-order valence-electron chi connectivity index (χ3n) is 5.05. The smallest absolute Gasteiger partial charge is 0.266 e. The molecule has 24 heavy (non-hydrogen) atoms. The van der Waals surface area contributed by atoms with Crippen molar-refractivity contribution >= 4 is 11.8 Å². The Hall–Kier alpha value is -2.18. The van der Waals surface area contributed by atoms with Gasteiger partial charge < -0.3 is 9.80 Å². The Morgan fingerprint density at radius 2 is 1.96 bits per heavy atom. The second-order valence-corrected chi connectivity index (χ2v) is 6.94. The first-order valence-corrected chi connectivity index (χ1v) is 8.51. The van der Waals surface area contributed by atoms with E-state index >= 15 is 0 Å². The van der Waals surface area contributed by atoms with Gasteiger partial charge in [0.1, 0.15) is 0 Å². The standard InChI is InChI=1S/C17H24N4O3/c1-12-3-4-15(22)21(18-12)10-13-5-7-20(8-6-13)17(24)14-9-16(23)19(2)11-14/h3-4,13-14H,5-11H2,1-2H3. The van der Waals surface area contributed by atoms with Crippen LogP contribution in [0.5, 0.6) is 0 Å². The number of hydrogen-bond acceptors (Lipinski definition) is 4. The van der Waals surface area contributed by atoms with E-state index in [0.717, 1.165) is 18.5 Å². The van der Waals surface area contributed by atoms with Crippen molar-refractivity contribution in [3.05, 3.63) is 28.2 Å². The van der Waals surface area contributed by atoms with Crippen LogP contribution in [0.25, 0.3) is 0 Å². The average Bonchev–Trinajstić information content (AvgIpc) is 2.90. The van der Waals surface area contributed by atoms with Gasteiger partial charge in [0.05, 0.1) is 11.6 Å². The number of hydrogen-bond donors (Lipinski definition) is 0. The van der Waals surface area contributed by atoms with Gasteiger partial charge in [-0.3, -0.25) is 14.4 Å². The van der Waals surface area contributed by atoms with Crippen LogP contribution in [0.4, 0.5) is 0 Å². The monoisotopic (exact) mass is 332 g/mol. The first kappa shape index (κ1) is 16.7. The quantitative estimate of drug-likeness (QED) is 0.796. The molecule has 1 aromatic heterocycles. The molecule has 0 radical (unpaired) electrons. The molecule has 7 nitrogen and oxygen atoms in total. The summed E-state index contributed by atoms with van der Waals surface area (Å²) in [5.74, 6) is 0.305. The molecule has 2 aliphatic rings. The lowest BCUT2D eigenvalue weighted by Gasteiger charge is -2.33. The molecule has 7 heteroatoms. The Labute approximate surface area is 141 Å². The summed E-state index contributed by atoms with van der Waals surface area (Å²) in [5.41, 5.74) is 0.754. The number of piperidine rings is 1. The summed E-state index contributed by atoms with van der Waals surface area (Å²) in [6.07, 6.45) is 2.06. The van der Waals surface area contributed by atoms with E-state index in [0.29, 0.717) is 38.5 Å². The van der Waals surface area contributed by atoms with Crippen LogP contribution in [0.3, 0.4) is 0 Å². The highest BCUT2D eigenvalue weighted by atomic mass is 16.2. The van der Waals surface area contributed by atoms with Crippen molar-refractivity contribution in [3.8, 4) is 0 Å². The van der Waals surface area contributed by atoms with Crippen LogP contribution in [0.1, 0.15) is 25.0 Å². The minimum Gasteiger partial charge on any atom is -0.345 e. The minimum atomic E-state index is -0.194. The number of aryl methyl sites for hydroxylation is 1. The highest BCUT2D eigenvalue weighted by Crippen LogP contribution is 2.23. The SMILES string of the molecule is Cc1ccc(=O)n(CC2CCN(C(=O)C3CC(=O)N(C)C3)CC2)n1. The molecule has 1 atom stereocenters. The molecule has 1 aromatic rings. The van der Waals surface area contributed by atoms with E-state index < -0.39 is 0 Å². The molecule has 0 N–H and O–H groups in total. The Morgan fingerprint density at radius 3 is 2.58 bits per heavy atom. The van der Waals surface area contributed by atoms with Crippen molar-refractivity contribution in [3.63, 3.8) is 0 Å². The topological polar surface area (TPSA) is 75.5 Å². The van der Waals surface area contributed by atoms with Crippen molar-refractivity contribution in [2.24, 2.45) is 11.8 Å². The van der Waals surface area contributed by atoms with E-state index in [1.807, 2.05) is 11.8 Å². The van der Waals surface area contributed by atoms with Crippen molar-refractivity contribution in [1.82, 2.24) is 19.6 Å². The molecule has 2 saturated heterocycles. The molecule has 130 valence electrons. The highest BCUT2D eigenvalue weighted by molar-refractivity contribution is 5.89. The lowest BCUT2D eigenvalue weighted by atomic mass is 9.95. The van der Waals surface area contributed by atoms with E-state index in [1.54, 1.807) is 24.1 Å². The summed E-state index contributed by atoms with van der Waals surface area (Å²) in [5, 5.41) is 4.28. The van der Waals surface area contributed by atoms with E-state index in [9.17, 15) is 14.4 Å². The summed E-state index contributed by atoms with van der Waals surface area (Å²) in [6, 6.07) is 3.27.